The van der Waals surface area contributed by atoms with Crippen LogP contribution in [0, 0.1) is 5.92 Å². The summed E-state index contributed by atoms with van der Waals surface area (Å²) < 4.78 is 5.88. The van der Waals surface area contributed by atoms with Crippen LogP contribution in [0.25, 0.3) is 0 Å². The molecular formula is C13H19BrO2. The maximum Gasteiger partial charge on any atom is 0.198 e. The summed E-state index contributed by atoms with van der Waals surface area (Å²) in [5.41, 5.74) is 0. The normalized spacial score (nSPS) is 12.7. The van der Waals surface area contributed by atoms with E-state index in [2.05, 4.69) is 29.8 Å². The molecule has 0 aliphatic carbocycles. The number of carbonyl (C=O) groups excluding carboxylic acids is 1. The maximum absolute atomic E-state index is 11.9. The molecule has 0 radical (unpaired) electrons. The molecule has 0 aromatic carbocycles. The van der Waals surface area contributed by atoms with Gasteiger partial charge < -0.3 is 4.42 Å². The number of rotatable bonds is 7. The summed E-state index contributed by atoms with van der Waals surface area (Å²) in [7, 11) is 0. The predicted octanol–water partition coefficient (Wildman–Crippen LogP) is 4.83. The minimum atomic E-state index is 0.119. The van der Waals surface area contributed by atoms with Crippen LogP contribution in [-0.4, -0.2) is 5.78 Å². The van der Waals surface area contributed by atoms with Gasteiger partial charge in [0.2, 0.25) is 0 Å². The van der Waals surface area contributed by atoms with E-state index in [1.807, 2.05) is 0 Å². The van der Waals surface area contributed by atoms with Crippen molar-refractivity contribution in [2.45, 2.75) is 46.0 Å². The summed E-state index contributed by atoms with van der Waals surface area (Å²) in [6, 6.07) is 3.50. The molecule has 0 N–H and O–H groups in total. The third-order valence-electron chi connectivity index (χ3n) is 2.87. The molecule has 0 saturated heterocycles. The molecule has 1 heterocycles. The van der Waals surface area contributed by atoms with E-state index in [1.54, 1.807) is 12.1 Å². The minimum absolute atomic E-state index is 0.119. The van der Waals surface area contributed by atoms with Gasteiger partial charge >= 0.3 is 0 Å². The molecule has 1 aromatic heterocycles. The van der Waals surface area contributed by atoms with Gasteiger partial charge in [0.05, 0.1) is 0 Å². The molecular weight excluding hydrogens is 268 g/mol. The smallest absolute Gasteiger partial charge is 0.198 e. The van der Waals surface area contributed by atoms with Gasteiger partial charge in [-0.2, -0.15) is 0 Å². The Morgan fingerprint density at radius 1 is 1.44 bits per heavy atom. The maximum atomic E-state index is 11.9. The monoisotopic (exact) mass is 286 g/mol. The highest BCUT2D eigenvalue weighted by Gasteiger charge is 2.16. The number of carbonyl (C=O) groups is 1. The topological polar surface area (TPSA) is 30.2 Å². The van der Waals surface area contributed by atoms with E-state index in [1.165, 1.54) is 12.8 Å². The SMILES string of the molecule is CCCCC(CC)CC(=O)c1ccc(Br)o1. The summed E-state index contributed by atoms with van der Waals surface area (Å²) in [5, 5.41) is 0. The summed E-state index contributed by atoms with van der Waals surface area (Å²) in [5.74, 6) is 1.09. The van der Waals surface area contributed by atoms with Crippen LogP contribution in [0.5, 0.6) is 0 Å². The second-order valence-corrected chi connectivity index (χ2v) is 4.93. The van der Waals surface area contributed by atoms with Gasteiger partial charge in [0, 0.05) is 6.42 Å². The highest BCUT2D eigenvalue weighted by molar-refractivity contribution is 9.10. The zero-order valence-electron chi connectivity index (χ0n) is 9.96. The van der Waals surface area contributed by atoms with E-state index in [9.17, 15) is 4.79 Å². The van der Waals surface area contributed by atoms with Crippen LogP contribution < -0.4 is 0 Å². The fourth-order valence-corrected chi connectivity index (χ4v) is 2.08. The van der Waals surface area contributed by atoms with E-state index in [0.717, 1.165) is 12.8 Å². The molecule has 16 heavy (non-hydrogen) atoms. The Hall–Kier alpha value is -0.570. The highest BCUT2D eigenvalue weighted by atomic mass is 79.9. The molecule has 1 aromatic rings. The number of hydrogen-bond donors (Lipinski definition) is 0. The quantitative estimate of drug-likeness (QED) is 0.672. The van der Waals surface area contributed by atoms with Crippen LogP contribution in [0.3, 0.4) is 0 Å². The third-order valence-corrected chi connectivity index (χ3v) is 3.29. The van der Waals surface area contributed by atoms with Gasteiger partial charge in [-0.25, -0.2) is 0 Å². The van der Waals surface area contributed by atoms with Crippen molar-refractivity contribution in [3.63, 3.8) is 0 Å². The molecule has 0 saturated carbocycles. The van der Waals surface area contributed by atoms with Gasteiger partial charge in [-0.15, -0.1) is 0 Å². The van der Waals surface area contributed by atoms with Gasteiger partial charge in [-0.05, 0) is 34.0 Å². The fraction of sp³-hybridized carbons (Fsp3) is 0.615. The van der Waals surface area contributed by atoms with E-state index >= 15 is 0 Å². The zero-order valence-corrected chi connectivity index (χ0v) is 11.5. The third kappa shape index (κ3) is 4.12. The Labute approximate surface area is 106 Å². The van der Waals surface area contributed by atoms with Crippen LogP contribution in [0.1, 0.15) is 56.5 Å². The van der Waals surface area contributed by atoms with E-state index in [0.29, 0.717) is 22.8 Å². The lowest BCUT2D eigenvalue weighted by Gasteiger charge is -2.12. The molecule has 0 fully saturated rings. The van der Waals surface area contributed by atoms with Crippen molar-refractivity contribution in [3.05, 3.63) is 22.6 Å². The zero-order chi connectivity index (χ0) is 12.0. The van der Waals surface area contributed by atoms with Crippen LogP contribution in [0.4, 0.5) is 0 Å². The first-order valence-corrected chi connectivity index (χ1v) is 6.75. The average Bonchev–Trinajstić information content (AvgIpc) is 2.70. The molecule has 90 valence electrons. The number of hydrogen-bond acceptors (Lipinski definition) is 2. The van der Waals surface area contributed by atoms with E-state index in [-0.39, 0.29) is 5.78 Å². The lowest BCUT2D eigenvalue weighted by molar-refractivity contribution is 0.0928. The first kappa shape index (κ1) is 13.5. The minimum Gasteiger partial charge on any atom is -0.446 e. The van der Waals surface area contributed by atoms with Crippen LogP contribution >= 0.6 is 15.9 Å². The molecule has 0 aliphatic heterocycles. The Morgan fingerprint density at radius 3 is 2.69 bits per heavy atom. The second-order valence-electron chi connectivity index (χ2n) is 4.15. The Kier molecular flexibility index (Phi) is 5.81. The highest BCUT2D eigenvalue weighted by Crippen LogP contribution is 2.21. The number of halogens is 1. The summed E-state index contributed by atoms with van der Waals surface area (Å²) in [4.78, 5) is 11.9. The van der Waals surface area contributed by atoms with Gasteiger partial charge in [0.1, 0.15) is 0 Å². The Balaban J connectivity index is 2.48. The predicted molar refractivity (Wildman–Crippen MR) is 68.7 cm³/mol. The molecule has 1 unspecified atom stereocenters. The van der Waals surface area contributed by atoms with E-state index in [4.69, 9.17) is 4.42 Å². The molecule has 0 aliphatic rings. The number of ketones is 1. The van der Waals surface area contributed by atoms with Gasteiger partial charge in [0.15, 0.2) is 16.2 Å². The number of furan rings is 1. The number of Topliss-reactive ketones (excluding diaryl/α,β-unsaturated/α-hetero) is 1. The molecule has 0 bridgehead atoms. The molecule has 3 heteroatoms. The van der Waals surface area contributed by atoms with Crippen molar-refractivity contribution in [1.82, 2.24) is 0 Å². The Morgan fingerprint density at radius 2 is 2.19 bits per heavy atom. The van der Waals surface area contributed by atoms with Gasteiger partial charge in [-0.1, -0.05) is 39.5 Å². The summed E-state index contributed by atoms with van der Waals surface area (Å²) in [6.45, 7) is 4.32. The summed E-state index contributed by atoms with van der Waals surface area (Å²) in [6.07, 6.45) is 5.20. The lowest BCUT2D eigenvalue weighted by atomic mass is 9.93. The standard InChI is InChI=1S/C13H19BrO2/c1-3-5-6-10(4-2)9-11(15)12-7-8-13(14)16-12/h7-8,10H,3-6,9H2,1-2H3. The first-order valence-electron chi connectivity index (χ1n) is 5.95. The van der Waals surface area contributed by atoms with Crippen LogP contribution in [0.2, 0.25) is 0 Å². The number of unbranched alkanes of at least 4 members (excludes halogenated alkanes) is 1. The van der Waals surface area contributed by atoms with Gasteiger partial charge in [0.25, 0.3) is 0 Å². The van der Waals surface area contributed by atoms with Crippen LogP contribution in [0.15, 0.2) is 21.2 Å². The fourth-order valence-electron chi connectivity index (χ4n) is 1.77. The van der Waals surface area contributed by atoms with Crippen molar-refractivity contribution in [2.75, 3.05) is 0 Å². The van der Waals surface area contributed by atoms with E-state index < -0.39 is 0 Å². The average molecular weight is 287 g/mol. The summed E-state index contributed by atoms with van der Waals surface area (Å²) >= 11 is 3.21. The molecule has 1 atom stereocenters. The molecule has 2 nitrogen and oxygen atoms in total. The second kappa shape index (κ2) is 6.89. The van der Waals surface area contributed by atoms with Crippen molar-refractivity contribution in [3.8, 4) is 0 Å². The van der Waals surface area contributed by atoms with Crippen molar-refractivity contribution >= 4 is 21.7 Å². The van der Waals surface area contributed by atoms with Crippen LogP contribution in [-0.2, 0) is 0 Å². The molecule has 0 amide bonds. The molecule has 1 rings (SSSR count). The lowest BCUT2D eigenvalue weighted by Crippen LogP contribution is -2.07. The van der Waals surface area contributed by atoms with Crippen molar-refractivity contribution in [1.29, 1.82) is 0 Å². The largest absolute Gasteiger partial charge is 0.446 e. The molecule has 0 spiro atoms. The van der Waals surface area contributed by atoms with Crippen molar-refractivity contribution < 1.29 is 9.21 Å². The van der Waals surface area contributed by atoms with Gasteiger partial charge in [-0.3, -0.25) is 4.79 Å². The van der Waals surface area contributed by atoms with Crippen molar-refractivity contribution in [2.24, 2.45) is 5.92 Å². The first-order chi connectivity index (χ1) is 7.67. The Bertz CT molecular complexity index is 330.